The van der Waals surface area contributed by atoms with Crippen LogP contribution >= 0.6 is 0 Å². The fraction of sp³-hybridized carbons (Fsp3) is 0.167. The highest BCUT2D eigenvalue weighted by atomic mass is 19.4. The predicted molar refractivity (Wildman–Crippen MR) is 66.9 cm³/mol. The Morgan fingerprint density at radius 1 is 1.15 bits per heavy atom. The lowest BCUT2D eigenvalue weighted by atomic mass is 10.2. The first-order valence-corrected chi connectivity index (χ1v) is 5.59. The van der Waals surface area contributed by atoms with E-state index in [1.807, 2.05) is 0 Å². The molecule has 106 valence electrons. The third kappa shape index (κ3) is 4.30. The lowest BCUT2D eigenvalue weighted by molar-refractivity contribution is -0.274. The maximum atomic E-state index is 12.0. The van der Waals surface area contributed by atoms with Gasteiger partial charge in [-0.3, -0.25) is 0 Å². The van der Waals surface area contributed by atoms with Crippen molar-refractivity contribution in [2.45, 2.75) is 12.9 Å². The van der Waals surface area contributed by atoms with E-state index in [-0.39, 0.29) is 5.75 Å². The fourth-order valence-corrected chi connectivity index (χ4v) is 1.45. The van der Waals surface area contributed by atoms with Gasteiger partial charge in [-0.25, -0.2) is 4.98 Å². The number of anilines is 2. The Hall–Kier alpha value is -2.51. The summed E-state index contributed by atoms with van der Waals surface area (Å²) in [5.41, 5.74) is 6.25. The lowest BCUT2D eigenvalue weighted by Gasteiger charge is -2.09. The summed E-state index contributed by atoms with van der Waals surface area (Å²) in [6.07, 6.45) is -3.18. The van der Waals surface area contributed by atoms with E-state index in [4.69, 9.17) is 5.73 Å². The van der Waals surface area contributed by atoms with E-state index in [1.54, 1.807) is 6.07 Å². The van der Waals surface area contributed by atoms with Crippen LogP contribution in [0, 0.1) is 0 Å². The molecule has 0 saturated carbocycles. The highest BCUT2D eigenvalue weighted by Gasteiger charge is 2.30. The number of nitrogens with zero attached hydrogens (tertiary/aromatic N) is 2. The topological polar surface area (TPSA) is 73.1 Å². The number of benzene rings is 1. The van der Waals surface area contributed by atoms with Crippen molar-refractivity contribution in [3.63, 3.8) is 0 Å². The van der Waals surface area contributed by atoms with Gasteiger partial charge in [-0.1, -0.05) is 12.1 Å². The van der Waals surface area contributed by atoms with Crippen molar-refractivity contribution in [2.75, 3.05) is 11.1 Å². The third-order valence-corrected chi connectivity index (χ3v) is 2.28. The molecule has 0 fully saturated rings. The summed E-state index contributed by atoms with van der Waals surface area (Å²) in [7, 11) is 0. The van der Waals surface area contributed by atoms with Crippen LogP contribution in [0.25, 0.3) is 0 Å². The molecule has 3 N–H and O–H groups in total. The summed E-state index contributed by atoms with van der Waals surface area (Å²) in [6.45, 7) is 0.357. The number of nitrogens with one attached hydrogen (secondary N) is 1. The zero-order chi connectivity index (χ0) is 14.6. The van der Waals surface area contributed by atoms with Crippen molar-refractivity contribution in [3.05, 3.63) is 42.1 Å². The van der Waals surface area contributed by atoms with E-state index in [0.29, 0.717) is 18.3 Å². The van der Waals surface area contributed by atoms with E-state index >= 15 is 0 Å². The van der Waals surface area contributed by atoms with Crippen LogP contribution in [0.15, 0.2) is 36.5 Å². The first-order valence-electron chi connectivity index (χ1n) is 5.59. The number of ether oxygens (including phenoxy) is 1. The van der Waals surface area contributed by atoms with Gasteiger partial charge in [-0.2, -0.15) is 4.98 Å². The van der Waals surface area contributed by atoms with Gasteiger partial charge >= 0.3 is 6.36 Å². The smallest absolute Gasteiger partial charge is 0.406 e. The number of nitrogen functional groups attached to an aromatic ring is 1. The summed E-state index contributed by atoms with van der Waals surface area (Å²) >= 11 is 0. The Bertz CT molecular complexity index is 572. The molecule has 1 heterocycles. The highest BCUT2D eigenvalue weighted by molar-refractivity contribution is 5.36. The van der Waals surface area contributed by atoms with Crippen LogP contribution in [0.3, 0.4) is 0 Å². The van der Waals surface area contributed by atoms with E-state index < -0.39 is 6.36 Å². The first kappa shape index (κ1) is 13.9. The number of nitrogens with two attached hydrogens (primary N) is 1. The van der Waals surface area contributed by atoms with Gasteiger partial charge in [0.15, 0.2) is 0 Å². The van der Waals surface area contributed by atoms with Crippen LogP contribution < -0.4 is 15.8 Å². The molecule has 0 atom stereocenters. The maximum absolute atomic E-state index is 12.0. The summed E-state index contributed by atoms with van der Waals surface area (Å²) in [5.74, 6) is 0.415. The first-order chi connectivity index (χ1) is 9.42. The van der Waals surface area contributed by atoms with Gasteiger partial charge in [0.1, 0.15) is 11.6 Å². The maximum Gasteiger partial charge on any atom is 0.573 e. The van der Waals surface area contributed by atoms with Crippen LogP contribution in [-0.2, 0) is 6.54 Å². The molecule has 0 saturated heterocycles. The molecule has 0 aliphatic heterocycles. The van der Waals surface area contributed by atoms with Gasteiger partial charge in [0.2, 0.25) is 5.95 Å². The van der Waals surface area contributed by atoms with Gasteiger partial charge in [-0.15, -0.1) is 13.2 Å². The number of hydrogen-bond acceptors (Lipinski definition) is 5. The van der Waals surface area contributed by atoms with Crippen LogP contribution in [0.5, 0.6) is 5.75 Å². The van der Waals surface area contributed by atoms with Crippen molar-refractivity contribution in [1.82, 2.24) is 9.97 Å². The molecule has 1 aromatic heterocycles. The van der Waals surface area contributed by atoms with Crippen LogP contribution in [0.1, 0.15) is 5.56 Å². The van der Waals surface area contributed by atoms with Gasteiger partial charge in [-0.05, 0) is 23.8 Å². The fourth-order valence-electron chi connectivity index (χ4n) is 1.45. The van der Waals surface area contributed by atoms with Gasteiger partial charge < -0.3 is 15.8 Å². The highest BCUT2D eigenvalue weighted by Crippen LogP contribution is 2.22. The molecule has 20 heavy (non-hydrogen) atoms. The molecule has 0 aliphatic rings. The molecule has 0 unspecified atom stereocenters. The summed E-state index contributed by atoms with van der Waals surface area (Å²) in [4.78, 5) is 7.88. The lowest BCUT2D eigenvalue weighted by Crippen LogP contribution is -2.17. The van der Waals surface area contributed by atoms with Crippen LogP contribution in [0.4, 0.5) is 24.9 Å². The number of rotatable bonds is 4. The van der Waals surface area contributed by atoms with Crippen molar-refractivity contribution >= 4 is 11.8 Å². The predicted octanol–water partition coefficient (Wildman–Crippen LogP) is 2.57. The molecular weight excluding hydrogens is 273 g/mol. The molecule has 0 aliphatic carbocycles. The van der Waals surface area contributed by atoms with Crippen LogP contribution in [0.2, 0.25) is 0 Å². The van der Waals surface area contributed by atoms with Gasteiger partial charge in [0.05, 0.1) is 0 Å². The zero-order valence-electron chi connectivity index (χ0n) is 10.2. The van der Waals surface area contributed by atoms with Gasteiger partial charge in [0, 0.05) is 12.7 Å². The summed E-state index contributed by atoms with van der Waals surface area (Å²) in [6, 6.07) is 7.06. The molecular formula is C12H11F3N4O. The average Bonchev–Trinajstić information content (AvgIpc) is 2.36. The molecule has 8 heteroatoms. The van der Waals surface area contributed by atoms with Crippen molar-refractivity contribution in [1.29, 1.82) is 0 Å². The number of hydrogen-bond donors (Lipinski definition) is 2. The third-order valence-electron chi connectivity index (χ3n) is 2.28. The molecule has 2 aromatic rings. The second-order valence-electron chi connectivity index (χ2n) is 3.85. The van der Waals surface area contributed by atoms with Crippen LogP contribution in [-0.4, -0.2) is 16.3 Å². The summed E-state index contributed by atoms with van der Waals surface area (Å²) < 4.78 is 39.7. The largest absolute Gasteiger partial charge is 0.573 e. The number of alkyl halides is 3. The Balaban J connectivity index is 1.94. The van der Waals surface area contributed by atoms with E-state index in [0.717, 1.165) is 5.56 Å². The van der Waals surface area contributed by atoms with Crippen molar-refractivity contribution in [2.24, 2.45) is 0 Å². The normalized spacial score (nSPS) is 11.2. The molecule has 0 radical (unpaired) electrons. The Morgan fingerprint density at radius 2 is 1.85 bits per heavy atom. The second-order valence-corrected chi connectivity index (χ2v) is 3.85. The molecule has 0 spiro atoms. The average molecular weight is 284 g/mol. The minimum absolute atomic E-state index is 0.263. The Morgan fingerprint density at radius 3 is 2.45 bits per heavy atom. The number of halogens is 3. The minimum Gasteiger partial charge on any atom is -0.406 e. The standard InChI is InChI=1S/C12H11F3N4O/c13-12(14,15)20-9-3-1-8(2-4-9)7-18-11-17-6-5-10(16)19-11/h1-6H,7H2,(H3,16,17,18,19). The number of aromatic nitrogens is 2. The molecule has 0 bridgehead atoms. The van der Waals surface area contributed by atoms with E-state index in [1.165, 1.54) is 30.5 Å². The van der Waals surface area contributed by atoms with Crippen molar-refractivity contribution < 1.29 is 17.9 Å². The van der Waals surface area contributed by atoms with Crippen molar-refractivity contribution in [3.8, 4) is 5.75 Å². The minimum atomic E-state index is -4.69. The molecule has 1 aromatic carbocycles. The SMILES string of the molecule is Nc1ccnc(NCc2ccc(OC(F)(F)F)cc2)n1. The summed E-state index contributed by atoms with van der Waals surface area (Å²) in [5, 5.41) is 2.90. The monoisotopic (exact) mass is 284 g/mol. The zero-order valence-corrected chi connectivity index (χ0v) is 10.2. The molecule has 2 rings (SSSR count). The second kappa shape index (κ2) is 5.64. The van der Waals surface area contributed by atoms with E-state index in [9.17, 15) is 13.2 Å². The molecule has 0 amide bonds. The van der Waals surface area contributed by atoms with Gasteiger partial charge in [0.25, 0.3) is 0 Å². The molecule has 5 nitrogen and oxygen atoms in total. The quantitative estimate of drug-likeness (QED) is 0.902. The Kier molecular flexibility index (Phi) is 3.92. The van der Waals surface area contributed by atoms with E-state index in [2.05, 4.69) is 20.0 Å². The Labute approximate surface area is 112 Å².